The van der Waals surface area contributed by atoms with Crippen molar-refractivity contribution in [2.45, 2.75) is 38.6 Å². The highest BCUT2D eigenvalue weighted by molar-refractivity contribution is 5.90. The number of rotatable bonds is 4. The van der Waals surface area contributed by atoms with Gasteiger partial charge in [-0.3, -0.25) is 0 Å². The van der Waals surface area contributed by atoms with E-state index < -0.39 is 5.97 Å². The molecule has 18 heavy (non-hydrogen) atoms. The first-order valence-corrected chi connectivity index (χ1v) is 6.30. The average molecular weight is 245 g/mol. The SMILES string of the molecule is CCCn1c(C2CC2)nc2cc(C(=O)O)cnc21. The zero-order chi connectivity index (χ0) is 12.7. The molecule has 2 aromatic heterocycles. The van der Waals surface area contributed by atoms with Crippen molar-refractivity contribution in [1.29, 1.82) is 0 Å². The maximum absolute atomic E-state index is 10.9. The summed E-state index contributed by atoms with van der Waals surface area (Å²) in [6.45, 7) is 3.01. The third kappa shape index (κ3) is 1.75. The monoisotopic (exact) mass is 245 g/mol. The molecule has 2 aromatic rings. The zero-order valence-electron chi connectivity index (χ0n) is 10.3. The van der Waals surface area contributed by atoms with Crippen LogP contribution in [0.5, 0.6) is 0 Å². The molecule has 0 aliphatic heterocycles. The highest BCUT2D eigenvalue weighted by atomic mass is 16.4. The van der Waals surface area contributed by atoms with Gasteiger partial charge in [-0.05, 0) is 25.3 Å². The predicted molar refractivity (Wildman–Crippen MR) is 66.8 cm³/mol. The van der Waals surface area contributed by atoms with E-state index in [-0.39, 0.29) is 5.56 Å². The van der Waals surface area contributed by atoms with Crippen LogP contribution in [0, 0.1) is 0 Å². The molecule has 1 saturated carbocycles. The van der Waals surface area contributed by atoms with E-state index in [1.807, 2.05) is 0 Å². The Morgan fingerprint density at radius 3 is 2.94 bits per heavy atom. The second-order valence-electron chi connectivity index (χ2n) is 4.77. The third-order valence-corrected chi connectivity index (χ3v) is 3.25. The lowest BCUT2D eigenvalue weighted by atomic mass is 10.3. The first-order valence-electron chi connectivity index (χ1n) is 6.30. The number of aryl methyl sites for hydroxylation is 1. The molecule has 94 valence electrons. The lowest BCUT2D eigenvalue weighted by molar-refractivity contribution is 0.0696. The molecular weight excluding hydrogens is 230 g/mol. The van der Waals surface area contributed by atoms with E-state index in [2.05, 4.69) is 21.5 Å². The lowest BCUT2D eigenvalue weighted by Gasteiger charge is -2.05. The van der Waals surface area contributed by atoms with E-state index in [4.69, 9.17) is 5.11 Å². The van der Waals surface area contributed by atoms with Gasteiger partial charge in [0.25, 0.3) is 0 Å². The fraction of sp³-hybridized carbons (Fsp3) is 0.462. The third-order valence-electron chi connectivity index (χ3n) is 3.25. The van der Waals surface area contributed by atoms with Crippen LogP contribution in [0.15, 0.2) is 12.3 Å². The smallest absolute Gasteiger partial charge is 0.337 e. The first-order chi connectivity index (χ1) is 8.70. The van der Waals surface area contributed by atoms with Crippen LogP contribution in [-0.4, -0.2) is 25.6 Å². The van der Waals surface area contributed by atoms with Gasteiger partial charge in [0.2, 0.25) is 0 Å². The summed E-state index contributed by atoms with van der Waals surface area (Å²) >= 11 is 0. The summed E-state index contributed by atoms with van der Waals surface area (Å²) in [5.74, 6) is 0.656. The lowest BCUT2D eigenvalue weighted by Crippen LogP contribution is -2.03. The number of aromatic nitrogens is 3. The minimum atomic E-state index is -0.956. The van der Waals surface area contributed by atoms with Crippen LogP contribution in [0.25, 0.3) is 11.2 Å². The van der Waals surface area contributed by atoms with Crippen LogP contribution < -0.4 is 0 Å². The molecule has 0 atom stereocenters. The van der Waals surface area contributed by atoms with Crippen molar-refractivity contribution in [3.05, 3.63) is 23.7 Å². The van der Waals surface area contributed by atoms with E-state index in [1.165, 1.54) is 19.0 Å². The van der Waals surface area contributed by atoms with Crippen molar-refractivity contribution < 1.29 is 9.90 Å². The van der Waals surface area contributed by atoms with Crippen molar-refractivity contribution >= 4 is 17.1 Å². The van der Waals surface area contributed by atoms with Crippen LogP contribution in [0.1, 0.15) is 48.3 Å². The van der Waals surface area contributed by atoms with Gasteiger partial charge in [0.15, 0.2) is 5.65 Å². The molecular formula is C13H15N3O2. The number of nitrogens with zero attached hydrogens (tertiary/aromatic N) is 3. The summed E-state index contributed by atoms with van der Waals surface area (Å²) in [5, 5.41) is 8.97. The summed E-state index contributed by atoms with van der Waals surface area (Å²) < 4.78 is 2.14. The molecule has 0 amide bonds. The minimum absolute atomic E-state index is 0.200. The second-order valence-corrected chi connectivity index (χ2v) is 4.77. The number of carboxylic acid groups (broad SMARTS) is 1. The fourth-order valence-electron chi connectivity index (χ4n) is 2.24. The summed E-state index contributed by atoms with van der Waals surface area (Å²) in [4.78, 5) is 19.8. The Kier molecular flexibility index (Phi) is 2.54. The molecule has 1 N–H and O–H groups in total. The molecule has 0 saturated heterocycles. The topological polar surface area (TPSA) is 68.0 Å². The van der Waals surface area contributed by atoms with Gasteiger partial charge in [-0.15, -0.1) is 0 Å². The molecule has 0 radical (unpaired) electrons. The predicted octanol–water partition coefficient (Wildman–Crippen LogP) is 2.42. The molecule has 2 heterocycles. The number of imidazole rings is 1. The van der Waals surface area contributed by atoms with Gasteiger partial charge in [0.05, 0.1) is 5.56 Å². The van der Waals surface area contributed by atoms with Crippen LogP contribution in [0.2, 0.25) is 0 Å². The van der Waals surface area contributed by atoms with Crippen LogP contribution in [-0.2, 0) is 6.54 Å². The van der Waals surface area contributed by atoms with Gasteiger partial charge in [-0.2, -0.15) is 0 Å². The normalized spacial score (nSPS) is 15.2. The Bertz CT molecular complexity index is 614. The molecule has 5 heteroatoms. The van der Waals surface area contributed by atoms with Gasteiger partial charge in [0, 0.05) is 18.7 Å². The first kappa shape index (κ1) is 11.2. The Morgan fingerprint density at radius 2 is 2.33 bits per heavy atom. The quantitative estimate of drug-likeness (QED) is 0.898. The average Bonchev–Trinajstić information content (AvgIpc) is 3.13. The van der Waals surface area contributed by atoms with E-state index >= 15 is 0 Å². The molecule has 1 aliphatic carbocycles. The van der Waals surface area contributed by atoms with Crippen LogP contribution >= 0.6 is 0 Å². The number of carboxylic acids is 1. The number of hydrogen-bond acceptors (Lipinski definition) is 3. The van der Waals surface area contributed by atoms with Crippen LogP contribution in [0.3, 0.4) is 0 Å². The molecule has 0 bridgehead atoms. The molecule has 1 aliphatic rings. The fourth-order valence-corrected chi connectivity index (χ4v) is 2.24. The highest BCUT2D eigenvalue weighted by Crippen LogP contribution is 2.40. The Hall–Kier alpha value is -1.91. The van der Waals surface area contributed by atoms with Crippen molar-refractivity contribution in [3.63, 3.8) is 0 Å². The summed E-state index contributed by atoms with van der Waals surface area (Å²) in [6, 6.07) is 1.61. The van der Waals surface area contributed by atoms with E-state index in [1.54, 1.807) is 6.07 Å². The Balaban J connectivity index is 2.16. The minimum Gasteiger partial charge on any atom is -0.478 e. The number of aromatic carboxylic acids is 1. The molecule has 0 unspecified atom stereocenters. The number of pyridine rings is 1. The number of hydrogen-bond donors (Lipinski definition) is 1. The highest BCUT2D eigenvalue weighted by Gasteiger charge is 2.29. The van der Waals surface area contributed by atoms with Gasteiger partial charge in [-0.25, -0.2) is 14.8 Å². The largest absolute Gasteiger partial charge is 0.478 e. The summed E-state index contributed by atoms with van der Waals surface area (Å²) in [7, 11) is 0. The van der Waals surface area contributed by atoms with Crippen molar-refractivity contribution in [2.24, 2.45) is 0 Å². The zero-order valence-corrected chi connectivity index (χ0v) is 10.3. The standard InChI is InChI=1S/C13H15N3O2/c1-2-5-16-11(8-3-4-8)15-10-6-9(13(17)18)7-14-12(10)16/h6-8H,2-5H2,1H3,(H,17,18). The Morgan fingerprint density at radius 1 is 1.56 bits per heavy atom. The van der Waals surface area contributed by atoms with Gasteiger partial charge in [-0.1, -0.05) is 6.92 Å². The molecule has 0 spiro atoms. The molecule has 0 aromatic carbocycles. The summed E-state index contributed by atoms with van der Waals surface area (Å²) in [6.07, 6.45) is 4.79. The second kappa shape index (κ2) is 4.08. The van der Waals surface area contributed by atoms with E-state index in [0.29, 0.717) is 11.4 Å². The summed E-state index contributed by atoms with van der Waals surface area (Å²) in [5.41, 5.74) is 1.71. The molecule has 1 fully saturated rings. The number of fused-ring (bicyclic) bond motifs is 1. The van der Waals surface area contributed by atoms with Crippen molar-refractivity contribution in [1.82, 2.24) is 14.5 Å². The van der Waals surface area contributed by atoms with Gasteiger partial charge < -0.3 is 9.67 Å². The van der Waals surface area contributed by atoms with Gasteiger partial charge >= 0.3 is 5.97 Å². The van der Waals surface area contributed by atoms with Gasteiger partial charge in [0.1, 0.15) is 11.3 Å². The van der Waals surface area contributed by atoms with Crippen molar-refractivity contribution in [2.75, 3.05) is 0 Å². The maximum Gasteiger partial charge on any atom is 0.337 e. The maximum atomic E-state index is 10.9. The molecule has 3 rings (SSSR count). The van der Waals surface area contributed by atoms with E-state index in [0.717, 1.165) is 24.4 Å². The van der Waals surface area contributed by atoms with Crippen LogP contribution in [0.4, 0.5) is 0 Å². The number of carbonyl (C=O) groups is 1. The Labute approximate surface area is 104 Å². The molecule has 5 nitrogen and oxygen atoms in total. The van der Waals surface area contributed by atoms with E-state index in [9.17, 15) is 4.79 Å². The van der Waals surface area contributed by atoms with Crippen molar-refractivity contribution in [3.8, 4) is 0 Å².